The van der Waals surface area contributed by atoms with E-state index in [9.17, 15) is 4.79 Å². The lowest BCUT2D eigenvalue weighted by Crippen LogP contribution is -2.46. The standard InChI is InChI=1S/C17H24BrN3O/c1-11-14(21-9-12(18)7-8-13(21)19-11)15(22)20-17(5,6)10-16(2,3)4/h7-9H,10H2,1-6H3,(H,20,22). The zero-order valence-electron chi connectivity index (χ0n) is 14.1. The first-order valence-electron chi connectivity index (χ1n) is 7.45. The lowest BCUT2D eigenvalue weighted by Gasteiger charge is -2.33. The van der Waals surface area contributed by atoms with E-state index in [1.54, 1.807) is 0 Å². The van der Waals surface area contributed by atoms with Gasteiger partial charge in [-0.05, 0) is 60.7 Å². The maximum absolute atomic E-state index is 12.8. The van der Waals surface area contributed by atoms with Gasteiger partial charge in [0.2, 0.25) is 0 Å². The first kappa shape index (κ1) is 17.0. The highest BCUT2D eigenvalue weighted by molar-refractivity contribution is 9.10. The lowest BCUT2D eigenvalue weighted by atomic mass is 9.82. The molecule has 0 bridgehead atoms. The van der Waals surface area contributed by atoms with Crippen molar-refractivity contribution in [3.05, 3.63) is 34.2 Å². The highest BCUT2D eigenvalue weighted by Crippen LogP contribution is 2.27. The summed E-state index contributed by atoms with van der Waals surface area (Å²) in [5.74, 6) is -0.0858. The van der Waals surface area contributed by atoms with Gasteiger partial charge in [0.25, 0.3) is 5.91 Å². The molecule has 0 saturated carbocycles. The van der Waals surface area contributed by atoms with Gasteiger partial charge >= 0.3 is 0 Å². The number of hydrogen-bond donors (Lipinski definition) is 1. The molecule has 4 nitrogen and oxygen atoms in total. The second kappa shape index (κ2) is 5.69. The molecule has 0 aromatic carbocycles. The number of nitrogens with zero attached hydrogens (tertiary/aromatic N) is 2. The van der Waals surface area contributed by atoms with Crippen LogP contribution in [0.5, 0.6) is 0 Å². The minimum atomic E-state index is -0.280. The molecule has 0 spiro atoms. The summed E-state index contributed by atoms with van der Waals surface area (Å²) in [5.41, 5.74) is 1.98. The number of aromatic nitrogens is 2. The molecule has 0 radical (unpaired) electrons. The number of fused-ring (bicyclic) bond motifs is 1. The van der Waals surface area contributed by atoms with Gasteiger partial charge in [0, 0.05) is 16.2 Å². The van der Waals surface area contributed by atoms with Crippen LogP contribution in [-0.4, -0.2) is 20.8 Å². The fourth-order valence-electron chi connectivity index (χ4n) is 3.15. The van der Waals surface area contributed by atoms with Crippen LogP contribution in [-0.2, 0) is 0 Å². The van der Waals surface area contributed by atoms with E-state index >= 15 is 0 Å². The second-order valence-corrected chi connectivity index (χ2v) is 8.61. The van der Waals surface area contributed by atoms with Crippen LogP contribution in [0.4, 0.5) is 0 Å². The molecule has 1 N–H and O–H groups in total. The Morgan fingerprint density at radius 1 is 1.27 bits per heavy atom. The second-order valence-electron chi connectivity index (χ2n) is 7.70. The van der Waals surface area contributed by atoms with Crippen LogP contribution in [0.15, 0.2) is 22.8 Å². The normalized spacial score (nSPS) is 12.7. The predicted octanol–water partition coefficient (Wildman–Crippen LogP) is 4.35. The van der Waals surface area contributed by atoms with Crippen molar-refractivity contribution in [3.63, 3.8) is 0 Å². The Bertz CT molecular complexity index is 710. The van der Waals surface area contributed by atoms with Crippen molar-refractivity contribution in [1.82, 2.24) is 14.7 Å². The number of carbonyl (C=O) groups is 1. The quantitative estimate of drug-likeness (QED) is 0.878. The van der Waals surface area contributed by atoms with Gasteiger partial charge < -0.3 is 5.32 Å². The molecule has 2 aromatic rings. The molecule has 0 fully saturated rings. The minimum absolute atomic E-state index is 0.0858. The number of aryl methyl sites for hydroxylation is 1. The largest absolute Gasteiger partial charge is 0.346 e. The lowest BCUT2D eigenvalue weighted by molar-refractivity contribution is 0.0884. The first-order chi connectivity index (χ1) is 9.98. The van der Waals surface area contributed by atoms with Crippen LogP contribution >= 0.6 is 15.9 Å². The van der Waals surface area contributed by atoms with E-state index in [2.05, 4.69) is 60.8 Å². The predicted molar refractivity (Wildman–Crippen MR) is 93.2 cm³/mol. The van der Waals surface area contributed by atoms with Gasteiger partial charge in [0.15, 0.2) is 0 Å². The number of halogens is 1. The minimum Gasteiger partial charge on any atom is -0.346 e. The van der Waals surface area contributed by atoms with Crippen molar-refractivity contribution in [1.29, 1.82) is 0 Å². The van der Waals surface area contributed by atoms with Crippen molar-refractivity contribution in [2.45, 2.75) is 53.5 Å². The van der Waals surface area contributed by atoms with Crippen molar-refractivity contribution < 1.29 is 4.79 Å². The van der Waals surface area contributed by atoms with E-state index in [1.807, 2.05) is 29.7 Å². The third-order valence-electron chi connectivity index (χ3n) is 3.40. The average Bonchev–Trinajstić information content (AvgIpc) is 2.60. The fraction of sp³-hybridized carbons (Fsp3) is 0.529. The zero-order chi connectivity index (χ0) is 16.7. The Labute approximate surface area is 140 Å². The summed E-state index contributed by atoms with van der Waals surface area (Å²) in [6, 6.07) is 3.82. The third kappa shape index (κ3) is 3.88. The van der Waals surface area contributed by atoms with E-state index in [0.717, 1.165) is 22.2 Å². The SMILES string of the molecule is Cc1nc2ccc(Br)cn2c1C(=O)NC(C)(C)CC(C)(C)C. The first-order valence-corrected chi connectivity index (χ1v) is 8.25. The van der Waals surface area contributed by atoms with E-state index in [4.69, 9.17) is 0 Å². The molecule has 0 saturated heterocycles. The van der Waals surface area contributed by atoms with Gasteiger partial charge in [0.1, 0.15) is 11.3 Å². The number of amides is 1. The van der Waals surface area contributed by atoms with Crippen LogP contribution in [0, 0.1) is 12.3 Å². The number of imidazole rings is 1. The summed E-state index contributed by atoms with van der Waals surface area (Å²) in [7, 11) is 0. The number of pyridine rings is 1. The average molecular weight is 366 g/mol. The summed E-state index contributed by atoms with van der Waals surface area (Å²) in [6.45, 7) is 12.5. The number of nitrogens with one attached hydrogen (secondary N) is 1. The number of rotatable bonds is 3. The Kier molecular flexibility index (Phi) is 4.39. The van der Waals surface area contributed by atoms with Crippen LogP contribution in [0.3, 0.4) is 0 Å². The summed E-state index contributed by atoms with van der Waals surface area (Å²) < 4.78 is 2.75. The van der Waals surface area contributed by atoms with Gasteiger partial charge in [-0.25, -0.2) is 4.98 Å². The maximum Gasteiger partial charge on any atom is 0.270 e. The molecule has 2 aromatic heterocycles. The van der Waals surface area contributed by atoms with E-state index < -0.39 is 0 Å². The van der Waals surface area contributed by atoms with Gasteiger partial charge in [-0.15, -0.1) is 0 Å². The van der Waals surface area contributed by atoms with Crippen molar-refractivity contribution in [3.8, 4) is 0 Å². The highest BCUT2D eigenvalue weighted by Gasteiger charge is 2.29. The third-order valence-corrected chi connectivity index (χ3v) is 3.87. The van der Waals surface area contributed by atoms with Crippen LogP contribution in [0.25, 0.3) is 5.65 Å². The highest BCUT2D eigenvalue weighted by atomic mass is 79.9. The molecule has 1 amide bonds. The van der Waals surface area contributed by atoms with Crippen molar-refractivity contribution in [2.24, 2.45) is 5.41 Å². The zero-order valence-corrected chi connectivity index (χ0v) is 15.7. The molecule has 0 aliphatic rings. The summed E-state index contributed by atoms with van der Waals surface area (Å²) in [6.07, 6.45) is 2.77. The maximum atomic E-state index is 12.8. The molecule has 0 aliphatic heterocycles. The monoisotopic (exact) mass is 365 g/mol. The summed E-state index contributed by atoms with van der Waals surface area (Å²) in [4.78, 5) is 17.2. The Morgan fingerprint density at radius 3 is 2.50 bits per heavy atom. The van der Waals surface area contributed by atoms with Crippen LogP contribution in [0.2, 0.25) is 0 Å². The van der Waals surface area contributed by atoms with E-state index in [0.29, 0.717) is 5.69 Å². The van der Waals surface area contributed by atoms with Gasteiger partial charge in [-0.3, -0.25) is 9.20 Å². The Hall–Kier alpha value is -1.36. The van der Waals surface area contributed by atoms with Crippen LogP contribution < -0.4 is 5.32 Å². The summed E-state index contributed by atoms with van der Waals surface area (Å²) in [5, 5.41) is 3.15. The van der Waals surface area contributed by atoms with Crippen molar-refractivity contribution >= 4 is 27.5 Å². The molecule has 120 valence electrons. The smallest absolute Gasteiger partial charge is 0.270 e. The molecule has 2 heterocycles. The molecular weight excluding hydrogens is 342 g/mol. The fourth-order valence-corrected chi connectivity index (χ4v) is 3.48. The van der Waals surface area contributed by atoms with Crippen LogP contribution in [0.1, 0.15) is 57.2 Å². The van der Waals surface area contributed by atoms with Gasteiger partial charge in [-0.2, -0.15) is 0 Å². The molecule has 2 rings (SSSR count). The Balaban J connectivity index is 2.34. The molecular formula is C17H24BrN3O. The molecule has 22 heavy (non-hydrogen) atoms. The van der Waals surface area contributed by atoms with E-state index in [-0.39, 0.29) is 16.9 Å². The summed E-state index contributed by atoms with van der Waals surface area (Å²) >= 11 is 3.45. The Morgan fingerprint density at radius 2 is 1.91 bits per heavy atom. The number of hydrogen-bond acceptors (Lipinski definition) is 2. The number of carbonyl (C=O) groups excluding carboxylic acids is 1. The molecule has 0 atom stereocenters. The molecule has 5 heteroatoms. The molecule has 0 aliphatic carbocycles. The van der Waals surface area contributed by atoms with Crippen molar-refractivity contribution in [2.75, 3.05) is 0 Å². The molecule has 0 unspecified atom stereocenters. The topological polar surface area (TPSA) is 46.4 Å². The van der Waals surface area contributed by atoms with E-state index in [1.165, 1.54) is 0 Å². The van der Waals surface area contributed by atoms with Gasteiger partial charge in [-0.1, -0.05) is 20.8 Å². The van der Waals surface area contributed by atoms with Gasteiger partial charge in [0.05, 0.1) is 5.69 Å².